The van der Waals surface area contributed by atoms with Gasteiger partial charge in [-0.05, 0) is 67.3 Å². The number of rotatable bonds is 7. The molecule has 0 saturated carbocycles. The summed E-state index contributed by atoms with van der Waals surface area (Å²) in [6.07, 6.45) is 6.69. The highest BCUT2D eigenvalue weighted by Crippen LogP contribution is 2.25. The van der Waals surface area contributed by atoms with E-state index < -0.39 is 0 Å². The summed E-state index contributed by atoms with van der Waals surface area (Å²) in [6.45, 7) is 4.96. The van der Waals surface area contributed by atoms with Gasteiger partial charge in [0.15, 0.2) is 0 Å². The van der Waals surface area contributed by atoms with E-state index in [2.05, 4.69) is 32.4 Å². The Morgan fingerprint density at radius 3 is 2.45 bits per heavy atom. The lowest BCUT2D eigenvalue weighted by molar-refractivity contribution is 0.102. The van der Waals surface area contributed by atoms with Gasteiger partial charge < -0.3 is 15.5 Å². The smallest absolute Gasteiger partial charge is 0.259 e. The third-order valence-corrected chi connectivity index (χ3v) is 5.69. The lowest BCUT2D eigenvalue weighted by Gasteiger charge is -2.32. The number of amides is 1. The molecule has 1 fully saturated rings. The molecule has 0 bridgehead atoms. The molecule has 0 atom stereocenters. The fourth-order valence-corrected chi connectivity index (χ4v) is 3.80. The van der Waals surface area contributed by atoms with Gasteiger partial charge in [0.25, 0.3) is 5.91 Å². The largest absolute Gasteiger partial charge is 0.385 e. The van der Waals surface area contributed by atoms with E-state index in [0.717, 1.165) is 67.7 Å². The molecule has 0 radical (unpaired) electrons. The molecule has 2 N–H and O–H groups in total. The number of piperidine rings is 1. The Morgan fingerprint density at radius 1 is 0.968 bits per heavy atom. The molecule has 0 spiro atoms. The average Bonchev–Trinajstić information content (AvgIpc) is 2.81. The average molecular weight is 416 g/mol. The molecule has 3 heterocycles. The molecule has 1 amide bonds. The minimum Gasteiger partial charge on any atom is -0.385 e. The van der Waals surface area contributed by atoms with Gasteiger partial charge in [0.2, 0.25) is 0 Å². The first-order chi connectivity index (χ1) is 15.2. The van der Waals surface area contributed by atoms with E-state index in [9.17, 15) is 4.79 Å². The summed E-state index contributed by atoms with van der Waals surface area (Å²) in [5, 5.41) is 6.40. The van der Waals surface area contributed by atoms with Crippen molar-refractivity contribution in [3.8, 4) is 0 Å². The van der Waals surface area contributed by atoms with Gasteiger partial charge in [-0.2, -0.15) is 0 Å². The predicted molar refractivity (Wildman–Crippen MR) is 126 cm³/mol. The summed E-state index contributed by atoms with van der Waals surface area (Å²) in [5.41, 5.74) is 3.46. The maximum atomic E-state index is 13.0. The van der Waals surface area contributed by atoms with Gasteiger partial charge in [-0.15, -0.1) is 0 Å². The highest BCUT2D eigenvalue weighted by molar-refractivity contribution is 6.07. The number of nitrogens with one attached hydrogen (secondary N) is 2. The van der Waals surface area contributed by atoms with Gasteiger partial charge >= 0.3 is 0 Å². The van der Waals surface area contributed by atoms with Crippen LogP contribution in [-0.2, 0) is 6.42 Å². The number of nitrogens with zero attached hydrogens (tertiary/aromatic N) is 3. The predicted octanol–water partition coefficient (Wildman–Crippen LogP) is 4.62. The summed E-state index contributed by atoms with van der Waals surface area (Å²) in [6, 6.07) is 17.4. The van der Waals surface area contributed by atoms with Crippen molar-refractivity contribution < 1.29 is 4.79 Å². The van der Waals surface area contributed by atoms with Gasteiger partial charge in [0.05, 0.1) is 5.56 Å². The number of carbonyl (C=O) groups is 1. The van der Waals surface area contributed by atoms with E-state index in [1.165, 1.54) is 0 Å². The molecule has 6 heteroatoms. The van der Waals surface area contributed by atoms with Crippen LogP contribution < -0.4 is 15.5 Å². The van der Waals surface area contributed by atoms with E-state index in [1.54, 1.807) is 6.20 Å². The summed E-state index contributed by atoms with van der Waals surface area (Å²) >= 11 is 0. The standard InChI is InChI=1S/C25H29N5O/c1-19-12-17-30(18-13-19)24-23(6-4-15-28-24)25(31)29-22-9-7-21(8-10-22)27-16-11-20-5-2-3-14-26-20/h2-10,14-15,19,27H,11-13,16-18H2,1H3,(H,29,31). The quantitative estimate of drug-likeness (QED) is 0.589. The van der Waals surface area contributed by atoms with Crippen LogP contribution in [0.15, 0.2) is 67.0 Å². The van der Waals surface area contributed by atoms with E-state index in [4.69, 9.17) is 0 Å². The maximum Gasteiger partial charge on any atom is 0.259 e. The van der Waals surface area contributed by atoms with Gasteiger partial charge in [-0.1, -0.05) is 13.0 Å². The van der Waals surface area contributed by atoms with Crippen molar-refractivity contribution in [2.45, 2.75) is 26.2 Å². The highest BCUT2D eigenvalue weighted by Gasteiger charge is 2.22. The van der Waals surface area contributed by atoms with E-state index in [1.807, 2.05) is 60.8 Å². The van der Waals surface area contributed by atoms with Crippen molar-refractivity contribution in [3.05, 3.63) is 78.2 Å². The van der Waals surface area contributed by atoms with Crippen LogP contribution in [-0.4, -0.2) is 35.5 Å². The second-order valence-corrected chi connectivity index (χ2v) is 8.07. The Balaban J connectivity index is 1.35. The van der Waals surface area contributed by atoms with Crippen molar-refractivity contribution in [3.63, 3.8) is 0 Å². The number of aromatic nitrogens is 2. The zero-order chi connectivity index (χ0) is 21.5. The van der Waals surface area contributed by atoms with Crippen molar-refractivity contribution in [1.82, 2.24) is 9.97 Å². The SMILES string of the molecule is CC1CCN(c2ncccc2C(=O)Nc2ccc(NCCc3ccccn3)cc2)CC1. The summed E-state index contributed by atoms with van der Waals surface area (Å²) in [5.74, 6) is 1.38. The van der Waals surface area contributed by atoms with Crippen LogP contribution in [0.5, 0.6) is 0 Å². The minimum absolute atomic E-state index is 0.127. The fourth-order valence-electron chi connectivity index (χ4n) is 3.80. The molecule has 0 unspecified atom stereocenters. The van der Waals surface area contributed by atoms with Gasteiger partial charge in [-0.3, -0.25) is 9.78 Å². The van der Waals surface area contributed by atoms with Crippen molar-refractivity contribution >= 4 is 23.1 Å². The molecule has 0 aliphatic carbocycles. The van der Waals surface area contributed by atoms with Crippen LogP contribution in [0, 0.1) is 5.92 Å². The number of hydrogen-bond donors (Lipinski definition) is 2. The zero-order valence-electron chi connectivity index (χ0n) is 17.9. The number of hydrogen-bond acceptors (Lipinski definition) is 5. The van der Waals surface area contributed by atoms with Gasteiger partial charge in [0, 0.05) is 55.5 Å². The Hall–Kier alpha value is -3.41. The number of benzene rings is 1. The summed E-state index contributed by atoms with van der Waals surface area (Å²) < 4.78 is 0. The van der Waals surface area contributed by atoms with Crippen LogP contribution in [0.1, 0.15) is 35.8 Å². The number of pyridine rings is 2. The van der Waals surface area contributed by atoms with Crippen LogP contribution >= 0.6 is 0 Å². The minimum atomic E-state index is -0.127. The van der Waals surface area contributed by atoms with Crippen molar-refractivity contribution in [2.24, 2.45) is 5.92 Å². The third kappa shape index (κ3) is 5.60. The van der Waals surface area contributed by atoms with E-state index in [-0.39, 0.29) is 5.91 Å². The van der Waals surface area contributed by atoms with Gasteiger partial charge in [-0.25, -0.2) is 4.98 Å². The Labute approximate surface area is 183 Å². The molecule has 160 valence electrons. The molecule has 1 aliphatic heterocycles. The second-order valence-electron chi connectivity index (χ2n) is 8.07. The third-order valence-electron chi connectivity index (χ3n) is 5.69. The monoisotopic (exact) mass is 415 g/mol. The maximum absolute atomic E-state index is 13.0. The fraction of sp³-hybridized carbons (Fsp3) is 0.320. The molecule has 2 aromatic heterocycles. The van der Waals surface area contributed by atoms with Crippen LogP contribution in [0.2, 0.25) is 0 Å². The van der Waals surface area contributed by atoms with Crippen LogP contribution in [0.25, 0.3) is 0 Å². The number of carbonyl (C=O) groups excluding carboxylic acids is 1. The van der Waals surface area contributed by atoms with Crippen LogP contribution in [0.4, 0.5) is 17.2 Å². The van der Waals surface area contributed by atoms with Gasteiger partial charge in [0.1, 0.15) is 5.82 Å². The molecule has 1 aromatic carbocycles. The first-order valence-electron chi connectivity index (χ1n) is 10.9. The second kappa shape index (κ2) is 10.1. The molecule has 3 aromatic rings. The molecule has 1 aliphatic rings. The Morgan fingerprint density at radius 2 is 1.71 bits per heavy atom. The van der Waals surface area contributed by atoms with Crippen molar-refractivity contribution in [1.29, 1.82) is 0 Å². The molecule has 31 heavy (non-hydrogen) atoms. The number of anilines is 3. The first kappa shape index (κ1) is 20.8. The zero-order valence-corrected chi connectivity index (χ0v) is 17.9. The first-order valence-corrected chi connectivity index (χ1v) is 10.9. The molecule has 1 saturated heterocycles. The summed E-state index contributed by atoms with van der Waals surface area (Å²) in [7, 11) is 0. The van der Waals surface area contributed by atoms with E-state index in [0.29, 0.717) is 5.56 Å². The lowest BCUT2D eigenvalue weighted by atomic mass is 9.99. The topological polar surface area (TPSA) is 70.2 Å². The highest BCUT2D eigenvalue weighted by atomic mass is 16.1. The van der Waals surface area contributed by atoms with E-state index >= 15 is 0 Å². The molecular weight excluding hydrogens is 386 g/mol. The lowest BCUT2D eigenvalue weighted by Crippen LogP contribution is -2.35. The van der Waals surface area contributed by atoms with Crippen LogP contribution in [0.3, 0.4) is 0 Å². The Bertz CT molecular complexity index is 982. The molecule has 6 nitrogen and oxygen atoms in total. The normalized spacial score (nSPS) is 14.3. The summed E-state index contributed by atoms with van der Waals surface area (Å²) in [4.78, 5) is 24.0. The van der Waals surface area contributed by atoms with Crippen molar-refractivity contribution in [2.75, 3.05) is 35.2 Å². The Kier molecular flexibility index (Phi) is 6.77. The molecular formula is C25H29N5O. The molecule has 4 rings (SSSR count).